The molecule has 0 fully saturated rings. The van der Waals surface area contributed by atoms with Crippen LogP contribution in [-0.4, -0.2) is 45.4 Å². The summed E-state index contributed by atoms with van der Waals surface area (Å²) in [5.41, 5.74) is 2.91. The number of hydrogen-bond acceptors (Lipinski definition) is 3. The number of aryl methyl sites for hydroxylation is 1. The number of aromatic nitrogens is 1. The highest BCUT2D eigenvalue weighted by molar-refractivity contribution is 5.90. The van der Waals surface area contributed by atoms with Crippen molar-refractivity contribution in [3.8, 4) is 5.75 Å². The van der Waals surface area contributed by atoms with E-state index in [0.717, 1.165) is 37.2 Å². The van der Waals surface area contributed by atoms with E-state index >= 15 is 0 Å². The molecular weight excluding hydrogens is 491 g/mol. The van der Waals surface area contributed by atoms with Gasteiger partial charge in [0.15, 0.2) is 0 Å². The highest BCUT2D eigenvalue weighted by Crippen LogP contribution is 2.22. The Morgan fingerprint density at radius 3 is 2.53 bits per heavy atom. The van der Waals surface area contributed by atoms with Gasteiger partial charge in [-0.3, -0.25) is 4.48 Å². The van der Waals surface area contributed by atoms with Crippen LogP contribution in [0.1, 0.15) is 29.6 Å². The minimum absolute atomic E-state index is 0. The average molecular weight is 522 g/mol. The number of ether oxygens (including phenoxy) is 2. The van der Waals surface area contributed by atoms with Crippen LogP contribution in [0.3, 0.4) is 0 Å². The van der Waals surface area contributed by atoms with E-state index in [-0.39, 0.29) is 29.9 Å². The van der Waals surface area contributed by atoms with Crippen molar-refractivity contribution < 1.29 is 38.2 Å². The smallest absolute Gasteiger partial charge is 0.338 e. The molecule has 2 aromatic carbocycles. The van der Waals surface area contributed by atoms with Crippen LogP contribution in [-0.2, 0) is 11.3 Å². The summed E-state index contributed by atoms with van der Waals surface area (Å²) in [6.07, 6.45) is 5.05. The van der Waals surface area contributed by atoms with Gasteiger partial charge in [0.05, 0.1) is 40.4 Å². The lowest BCUT2D eigenvalue weighted by atomic mass is 10.2. The number of carbonyl (C=O) groups excluding carboxylic acids is 1. The van der Waals surface area contributed by atoms with E-state index in [2.05, 4.69) is 50.1 Å². The van der Waals surface area contributed by atoms with Gasteiger partial charge in [-0.25, -0.2) is 4.79 Å². The monoisotopic (exact) mass is 522 g/mol. The van der Waals surface area contributed by atoms with Crippen molar-refractivity contribution in [2.75, 3.05) is 34.9 Å². The molecule has 3 aromatic rings. The quantitative estimate of drug-likeness (QED) is 0.187. The zero-order valence-corrected chi connectivity index (χ0v) is 20.4. The van der Waals surface area contributed by atoms with Crippen molar-refractivity contribution in [1.82, 2.24) is 9.05 Å². The van der Waals surface area contributed by atoms with Gasteiger partial charge in [-0.1, -0.05) is 6.07 Å². The molecule has 0 unspecified atom stereocenters. The molecule has 0 aliphatic rings. The zero-order valence-electron chi connectivity index (χ0n) is 18.2. The van der Waals surface area contributed by atoms with E-state index in [4.69, 9.17) is 9.47 Å². The van der Waals surface area contributed by atoms with Gasteiger partial charge < -0.3 is 38.0 Å². The number of fused-ring (bicyclic) bond motifs is 1. The van der Waals surface area contributed by atoms with Gasteiger partial charge in [-0.15, -0.1) is 0 Å². The van der Waals surface area contributed by atoms with E-state index in [1.807, 2.05) is 30.3 Å². The minimum atomic E-state index is -0.245. The van der Waals surface area contributed by atoms with Gasteiger partial charge in [0, 0.05) is 29.7 Å². The third-order valence-corrected chi connectivity index (χ3v) is 5.11. The molecule has 0 N–H and O–H groups in total. The van der Waals surface area contributed by atoms with E-state index in [9.17, 15) is 4.79 Å². The maximum atomic E-state index is 12.3. The lowest BCUT2D eigenvalue weighted by Crippen LogP contribution is -3.00. The van der Waals surface area contributed by atoms with Crippen LogP contribution in [0.15, 0.2) is 54.7 Å². The van der Waals surface area contributed by atoms with Crippen molar-refractivity contribution in [3.63, 3.8) is 0 Å². The van der Waals surface area contributed by atoms with Crippen LogP contribution in [0.5, 0.6) is 5.75 Å². The molecule has 0 saturated carbocycles. The standard InChI is InChI=1S/C24H31N2O3.HI/c1-26(2,3)21-10-8-9-20(17-21)24(27)29-16-7-5-6-14-25-15-13-19-18-22(28-4)11-12-23(19)25;/h8-13,15,17-18H,5-7,14,16H2,1-4H3;1H/q+1;/p-1. The van der Waals surface area contributed by atoms with Gasteiger partial charge >= 0.3 is 5.97 Å². The molecule has 0 bridgehead atoms. The summed E-state index contributed by atoms with van der Waals surface area (Å²) >= 11 is 0. The Bertz CT molecular complexity index is 976. The number of unbranched alkanes of at least 4 members (excludes halogenated alkanes) is 2. The molecule has 0 aliphatic heterocycles. The number of rotatable bonds is 9. The molecule has 3 rings (SSSR count). The van der Waals surface area contributed by atoms with Crippen LogP contribution in [0, 0.1) is 0 Å². The molecule has 0 radical (unpaired) electrons. The summed E-state index contributed by atoms with van der Waals surface area (Å²) in [4.78, 5) is 12.3. The average Bonchev–Trinajstić information content (AvgIpc) is 3.12. The molecule has 0 atom stereocenters. The molecule has 30 heavy (non-hydrogen) atoms. The molecule has 0 aliphatic carbocycles. The van der Waals surface area contributed by atoms with E-state index in [1.54, 1.807) is 7.11 Å². The molecular formula is C24H31IN2O3. The van der Waals surface area contributed by atoms with Crippen LogP contribution in [0.4, 0.5) is 5.69 Å². The second-order valence-corrected chi connectivity index (χ2v) is 8.19. The van der Waals surface area contributed by atoms with Crippen molar-refractivity contribution in [2.45, 2.75) is 25.8 Å². The Balaban J connectivity index is 0.00000320. The Morgan fingerprint density at radius 2 is 1.80 bits per heavy atom. The highest BCUT2D eigenvalue weighted by atomic mass is 127. The topological polar surface area (TPSA) is 40.5 Å². The molecule has 0 spiro atoms. The van der Waals surface area contributed by atoms with E-state index < -0.39 is 0 Å². The first-order valence-corrected chi connectivity index (χ1v) is 10.1. The van der Waals surface area contributed by atoms with Crippen LogP contribution < -0.4 is 33.2 Å². The SMILES string of the molecule is COc1ccc2c(ccn2CCCCCOC(=O)c2cccc([N+](C)(C)C)c2)c1.[I-]. The fourth-order valence-electron chi connectivity index (χ4n) is 3.36. The molecule has 5 nitrogen and oxygen atoms in total. The fraction of sp³-hybridized carbons (Fsp3) is 0.375. The van der Waals surface area contributed by atoms with Crippen molar-refractivity contribution in [3.05, 3.63) is 60.3 Å². The number of benzene rings is 2. The lowest BCUT2D eigenvalue weighted by molar-refractivity contribution is -0.0000248. The maximum absolute atomic E-state index is 12.3. The lowest BCUT2D eigenvalue weighted by Gasteiger charge is -2.23. The molecule has 6 heteroatoms. The second kappa shape index (κ2) is 10.8. The fourth-order valence-corrected chi connectivity index (χ4v) is 3.36. The summed E-state index contributed by atoms with van der Waals surface area (Å²) in [5.74, 6) is 0.634. The number of hydrogen-bond donors (Lipinski definition) is 0. The molecule has 162 valence electrons. The molecule has 1 heterocycles. The van der Waals surface area contributed by atoms with Crippen molar-refractivity contribution >= 4 is 22.6 Å². The predicted molar refractivity (Wildman–Crippen MR) is 119 cm³/mol. The predicted octanol–water partition coefficient (Wildman–Crippen LogP) is 1.88. The van der Waals surface area contributed by atoms with Gasteiger partial charge in [0.25, 0.3) is 0 Å². The summed E-state index contributed by atoms with van der Waals surface area (Å²) in [6, 6.07) is 15.9. The summed E-state index contributed by atoms with van der Waals surface area (Å²) < 4.78 is 13.7. The second-order valence-electron chi connectivity index (χ2n) is 8.19. The van der Waals surface area contributed by atoms with Gasteiger partial charge in [-0.05, 0) is 55.7 Å². The van der Waals surface area contributed by atoms with E-state index in [1.165, 1.54) is 10.9 Å². The number of esters is 1. The van der Waals surface area contributed by atoms with E-state index in [0.29, 0.717) is 16.7 Å². The summed E-state index contributed by atoms with van der Waals surface area (Å²) in [7, 11) is 7.92. The zero-order chi connectivity index (χ0) is 20.9. The molecule has 0 amide bonds. The first-order valence-electron chi connectivity index (χ1n) is 10.1. The summed E-state index contributed by atoms with van der Waals surface area (Å²) in [5, 5.41) is 1.19. The Hall–Kier alpha value is -2.06. The number of quaternary nitrogens is 1. The Morgan fingerprint density at radius 1 is 1.00 bits per heavy atom. The molecule has 0 saturated heterocycles. The molecule has 1 aromatic heterocycles. The van der Waals surface area contributed by atoms with Crippen molar-refractivity contribution in [2.24, 2.45) is 0 Å². The van der Waals surface area contributed by atoms with Gasteiger partial charge in [0.2, 0.25) is 0 Å². The third-order valence-electron chi connectivity index (χ3n) is 5.11. The van der Waals surface area contributed by atoms with Crippen LogP contribution in [0.2, 0.25) is 0 Å². The third kappa shape index (κ3) is 6.22. The Labute approximate surface area is 196 Å². The van der Waals surface area contributed by atoms with Crippen molar-refractivity contribution in [1.29, 1.82) is 0 Å². The van der Waals surface area contributed by atoms with Gasteiger partial charge in [-0.2, -0.15) is 0 Å². The maximum Gasteiger partial charge on any atom is 0.338 e. The number of nitrogens with zero attached hydrogens (tertiary/aromatic N) is 2. The minimum Gasteiger partial charge on any atom is -1.00 e. The normalized spacial score (nSPS) is 11.2. The Kier molecular flexibility index (Phi) is 8.73. The number of halogens is 1. The first kappa shape index (κ1) is 24.2. The number of carbonyl (C=O) groups is 1. The largest absolute Gasteiger partial charge is 1.00 e. The van der Waals surface area contributed by atoms with Gasteiger partial charge in [0.1, 0.15) is 11.4 Å². The van der Waals surface area contributed by atoms with Crippen LogP contribution in [0.25, 0.3) is 10.9 Å². The first-order chi connectivity index (χ1) is 13.9. The van der Waals surface area contributed by atoms with Crippen LogP contribution >= 0.6 is 0 Å². The highest BCUT2D eigenvalue weighted by Gasteiger charge is 2.15. The number of methoxy groups -OCH3 is 1. The summed E-state index contributed by atoms with van der Waals surface area (Å²) in [6.45, 7) is 1.41.